The summed E-state index contributed by atoms with van der Waals surface area (Å²) >= 11 is 0. The van der Waals surface area contributed by atoms with Crippen LogP contribution in [0.25, 0.3) is 11.0 Å². The third-order valence-electron chi connectivity index (χ3n) is 4.36. The van der Waals surface area contributed by atoms with Gasteiger partial charge in [-0.3, -0.25) is 0 Å². The molecular formula is C19H20N2O5S. The molecule has 0 aliphatic heterocycles. The molecule has 3 N–H and O–H groups in total. The Bertz CT molecular complexity index is 1090. The lowest BCUT2D eigenvalue weighted by atomic mass is 10.1. The number of carboxylic acids is 1. The predicted octanol–water partition coefficient (Wildman–Crippen LogP) is 3.00. The molecule has 0 atom stereocenters. The highest BCUT2D eigenvalue weighted by Crippen LogP contribution is 2.27. The minimum Gasteiger partial charge on any atom is -0.475 e. The number of hydrogen-bond acceptors (Lipinski definition) is 5. The Morgan fingerprint density at radius 2 is 1.85 bits per heavy atom. The van der Waals surface area contributed by atoms with E-state index in [1.54, 1.807) is 6.92 Å². The monoisotopic (exact) mass is 388 g/mol. The quantitative estimate of drug-likeness (QED) is 0.574. The zero-order valence-corrected chi connectivity index (χ0v) is 15.8. The lowest BCUT2D eigenvalue weighted by molar-refractivity contribution is 0.0664. The van der Waals surface area contributed by atoms with E-state index in [2.05, 4.69) is 10.0 Å². The van der Waals surface area contributed by atoms with Crippen molar-refractivity contribution in [2.24, 2.45) is 0 Å². The Morgan fingerprint density at radius 3 is 2.48 bits per heavy atom. The van der Waals surface area contributed by atoms with Crippen LogP contribution in [-0.2, 0) is 16.4 Å². The Hall–Kier alpha value is -2.84. The number of benzene rings is 2. The van der Waals surface area contributed by atoms with Crippen LogP contribution in [0.15, 0.2) is 51.8 Å². The second-order valence-electron chi connectivity index (χ2n) is 6.11. The lowest BCUT2D eigenvalue weighted by Crippen LogP contribution is -2.26. The third kappa shape index (κ3) is 3.96. The van der Waals surface area contributed by atoms with Crippen LogP contribution in [0.1, 0.15) is 21.7 Å². The van der Waals surface area contributed by atoms with Gasteiger partial charge in [0, 0.05) is 30.2 Å². The Morgan fingerprint density at radius 1 is 1.15 bits per heavy atom. The van der Waals surface area contributed by atoms with E-state index in [1.165, 1.54) is 18.2 Å². The molecule has 0 fully saturated rings. The van der Waals surface area contributed by atoms with Crippen LogP contribution in [0, 0.1) is 6.92 Å². The summed E-state index contributed by atoms with van der Waals surface area (Å²) in [6, 6.07) is 12.0. The van der Waals surface area contributed by atoms with E-state index in [4.69, 9.17) is 9.52 Å². The number of furan rings is 1. The first-order valence-electron chi connectivity index (χ1n) is 8.34. The van der Waals surface area contributed by atoms with Crippen LogP contribution < -0.4 is 10.0 Å². The fourth-order valence-electron chi connectivity index (χ4n) is 2.82. The van der Waals surface area contributed by atoms with Crippen molar-refractivity contribution in [2.75, 3.05) is 18.9 Å². The van der Waals surface area contributed by atoms with E-state index in [1.807, 2.05) is 31.3 Å². The number of anilines is 1. The topological polar surface area (TPSA) is 109 Å². The van der Waals surface area contributed by atoms with Crippen LogP contribution in [-0.4, -0.2) is 33.1 Å². The maximum absolute atomic E-state index is 12.6. The van der Waals surface area contributed by atoms with Crippen molar-refractivity contribution in [3.05, 3.63) is 59.4 Å². The molecule has 7 nitrogen and oxygen atoms in total. The third-order valence-corrected chi connectivity index (χ3v) is 5.82. The van der Waals surface area contributed by atoms with E-state index < -0.39 is 16.0 Å². The number of fused-ring (bicyclic) bond motifs is 1. The van der Waals surface area contributed by atoms with Crippen molar-refractivity contribution < 1.29 is 22.7 Å². The first-order valence-corrected chi connectivity index (χ1v) is 9.83. The summed E-state index contributed by atoms with van der Waals surface area (Å²) in [6.07, 6.45) is 0.555. The van der Waals surface area contributed by atoms with Gasteiger partial charge in [0.05, 0.1) is 4.90 Å². The van der Waals surface area contributed by atoms with Gasteiger partial charge < -0.3 is 14.8 Å². The van der Waals surface area contributed by atoms with Gasteiger partial charge in [0.25, 0.3) is 0 Å². The molecule has 0 aliphatic carbocycles. The zero-order valence-electron chi connectivity index (χ0n) is 14.9. The number of nitrogens with one attached hydrogen (secondary N) is 2. The molecule has 0 spiro atoms. The first-order chi connectivity index (χ1) is 12.8. The van der Waals surface area contributed by atoms with Crippen molar-refractivity contribution in [2.45, 2.75) is 18.2 Å². The Kier molecular flexibility index (Phi) is 5.20. The minimum absolute atomic E-state index is 0.0707. The van der Waals surface area contributed by atoms with Gasteiger partial charge in [-0.15, -0.1) is 0 Å². The molecule has 3 rings (SSSR count). The number of rotatable bonds is 7. The normalized spacial score (nSPS) is 11.6. The number of sulfonamides is 1. The highest BCUT2D eigenvalue weighted by atomic mass is 32.2. The second-order valence-corrected chi connectivity index (χ2v) is 7.88. The van der Waals surface area contributed by atoms with Crippen molar-refractivity contribution in [1.29, 1.82) is 0 Å². The summed E-state index contributed by atoms with van der Waals surface area (Å²) in [6.45, 7) is 1.85. The largest absolute Gasteiger partial charge is 0.475 e. The van der Waals surface area contributed by atoms with Gasteiger partial charge in [0.15, 0.2) is 0 Å². The summed E-state index contributed by atoms with van der Waals surface area (Å²) in [5.41, 5.74) is 2.75. The molecule has 0 bridgehead atoms. The van der Waals surface area contributed by atoms with Crippen LogP contribution >= 0.6 is 0 Å². The standard InChI is InChI=1S/C19H20N2O5S/c1-12-16-11-15(7-8-17(16)26-18(12)19(22)23)27(24,25)21-10-9-13-3-5-14(20-2)6-4-13/h3-8,11,20-21H,9-10H2,1-2H3,(H,22,23). The van der Waals surface area contributed by atoms with Crippen LogP contribution in [0.5, 0.6) is 0 Å². The molecule has 0 saturated carbocycles. The van der Waals surface area contributed by atoms with Gasteiger partial charge in [-0.25, -0.2) is 17.9 Å². The van der Waals surface area contributed by atoms with Crippen LogP contribution in [0.4, 0.5) is 5.69 Å². The molecule has 1 heterocycles. The van der Waals surface area contributed by atoms with Gasteiger partial charge >= 0.3 is 5.97 Å². The average Bonchev–Trinajstić information content (AvgIpc) is 2.99. The summed E-state index contributed by atoms with van der Waals surface area (Å²) < 4.78 is 32.9. The van der Waals surface area contributed by atoms with E-state index in [0.717, 1.165) is 11.3 Å². The SMILES string of the molecule is CNc1ccc(CCNS(=O)(=O)c2ccc3oc(C(=O)O)c(C)c3c2)cc1. The molecule has 0 amide bonds. The van der Waals surface area contributed by atoms with Gasteiger partial charge in [-0.2, -0.15) is 0 Å². The van der Waals surface area contributed by atoms with Crippen molar-refractivity contribution in [1.82, 2.24) is 4.72 Å². The van der Waals surface area contributed by atoms with Crippen molar-refractivity contribution >= 4 is 32.6 Å². The van der Waals surface area contributed by atoms with Gasteiger partial charge in [-0.05, 0) is 49.2 Å². The molecule has 1 aromatic heterocycles. The number of aromatic carboxylic acids is 1. The summed E-state index contributed by atoms with van der Waals surface area (Å²) in [4.78, 5) is 11.2. The highest BCUT2D eigenvalue weighted by molar-refractivity contribution is 7.89. The van der Waals surface area contributed by atoms with E-state index in [0.29, 0.717) is 23.0 Å². The van der Waals surface area contributed by atoms with Gasteiger partial charge in [0.1, 0.15) is 5.58 Å². The fraction of sp³-hybridized carbons (Fsp3) is 0.211. The Labute approximate surface area is 157 Å². The van der Waals surface area contributed by atoms with Gasteiger partial charge in [-0.1, -0.05) is 12.1 Å². The minimum atomic E-state index is -3.71. The van der Waals surface area contributed by atoms with Crippen molar-refractivity contribution in [3.63, 3.8) is 0 Å². The predicted molar refractivity (Wildman–Crippen MR) is 103 cm³/mol. The number of hydrogen-bond donors (Lipinski definition) is 3. The molecule has 0 aliphatic rings. The zero-order chi connectivity index (χ0) is 19.6. The second kappa shape index (κ2) is 7.42. The maximum Gasteiger partial charge on any atom is 0.372 e. The summed E-state index contributed by atoms with van der Waals surface area (Å²) in [7, 11) is -1.88. The number of carboxylic acid groups (broad SMARTS) is 1. The molecule has 3 aromatic rings. The van der Waals surface area contributed by atoms with Gasteiger partial charge in [0.2, 0.25) is 15.8 Å². The Balaban J connectivity index is 1.75. The molecular weight excluding hydrogens is 368 g/mol. The maximum atomic E-state index is 12.6. The molecule has 8 heteroatoms. The number of carbonyl (C=O) groups is 1. The van der Waals surface area contributed by atoms with Crippen LogP contribution in [0.3, 0.4) is 0 Å². The van der Waals surface area contributed by atoms with Crippen LogP contribution in [0.2, 0.25) is 0 Å². The first kappa shape index (κ1) is 18.9. The fourth-order valence-corrected chi connectivity index (χ4v) is 3.88. The molecule has 27 heavy (non-hydrogen) atoms. The van der Waals surface area contributed by atoms with E-state index in [-0.39, 0.29) is 17.2 Å². The molecule has 0 radical (unpaired) electrons. The average molecular weight is 388 g/mol. The molecule has 0 saturated heterocycles. The molecule has 0 unspecified atom stereocenters. The number of aryl methyl sites for hydroxylation is 1. The summed E-state index contributed by atoms with van der Waals surface area (Å²) in [5.74, 6) is -1.37. The summed E-state index contributed by atoms with van der Waals surface area (Å²) in [5, 5.41) is 12.6. The van der Waals surface area contributed by atoms with E-state index in [9.17, 15) is 13.2 Å². The molecule has 142 valence electrons. The lowest BCUT2D eigenvalue weighted by Gasteiger charge is -2.08. The van der Waals surface area contributed by atoms with E-state index >= 15 is 0 Å². The smallest absolute Gasteiger partial charge is 0.372 e. The highest BCUT2D eigenvalue weighted by Gasteiger charge is 2.20. The molecule has 2 aromatic carbocycles. The van der Waals surface area contributed by atoms with Crippen molar-refractivity contribution in [3.8, 4) is 0 Å².